The number of rotatable bonds is 7. The zero-order chi connectivity index (χ0) is 12.9. The monoisotopic (exact) mass is 263 g/mol. The zero-order valence-electron chi connectivity index (χ0n) is 11.1. The Kier molecular flexibility index (Phi) is 5.85. The van der Waals surface area contributed by atoms with Crippen molar-refractivity contribution < 1.29 is 8.42 Å². The molecule has 0 spiro atoms. The Morgan fingerprint density at radius 3 is 2.71 bits per heavy atom. The standard InChI is InChI=1S/C11H25N3O2S/c1-4-11-6-9-14(10-11)17(15,16)13(3)8-5-7-12-2/h11-12H,4-10H2,1-3H3. The molecule has 0 radical (unpaired) electrons. The van der Waals surface area contributed by atoms with Crippen molar-refractivity contribution in [1.29, 1.82) is 0 Å². The SMILES string of the molecule is CCC1CCN(S(=O)(=O)N(C)CCCNC)C1. The molecule has 0 aliphatic carbocycles. The van der Waals surface area contributed by atoms with Gasteiger partial charge in [0.05, 0.1) is 0 Å². The van der Waals surface area contributed by atoms with E-state index in [1.165, 1.54) is 4.31 Å². The summed E-state index contributed by atoms with van der Waals surface area (Å²) in [6.45, 7) is 4.91. The highest BCUT2D eigenvalue weighted by atomic mass is 32.2. The summed E-state index contributed by atoms with van der Waals surface area (Å²) in [7, 11) is 0.323. The first-order valence-corrected chi connectivity index (χ1v) is 7.78. The maximum Gasteiger partial charge on any atom is 0.281 e. The Morgan fingerprint density at radius 1 is 1.47 bits per heavy atom. The molecule has 102 valence electrons. The predicted octanol–water partition coefficient (Wildman–Crippen LogP) is 0.504. The summed E-state index contributed by atoms with van der Waals surface area (Å²) in [5, 5.41) is 3.03. The van der Waals surface area contributed by atoms with Gasteiger partial charge in [-0.2, -0.15) is 17.0 Å². The van der Waals surface area contributed by atoms with Gasteiger partial charge in [0.15, 0.2) is 0 Å². The van der Waals surface area contributed by atoms with E-state index in [0.29, 0.717) is 25.6 Å². The molecule has 0 aromatic carbocycles. The number of nitrogens with zero attached hydrogens (tertiary/aromatic N) is 2. The number of hydrogen-bond acceptors (Lipinski definition) is 3. The van der Waals surface area contributed by atoms with Crippen LogP contribution in [0.15, 0.2) is 0 Å². The topological polar surface area (TPSA) is 52.7 Å². The summed E-state index contributed by atoms with van der Waals surface area (Å²) in [4.78, 5) is 0. The Labute approximate surface area is 105 Å². The van der Waals surface area contributed by atoms with Gasteiger partial charge in [0.25, 0.3) is 10.2 Å². The van der Waals surface area contributed by atoms with Crippen molar-refractivity contribution in [2.45, 2.75) is 26.2 Å². The van der Waals surface area contributed by atoms with Gasteiger partial charge in [-0.3, -0.25) is 0 Å². The summed E-state index contributed by atoms with van der Waals surface area (Å²) in [6, 6.07) is 0. The molecule has 1 N–H and O–H groups in total. The molecule has 0 bridgehead atoms. The zero-order valence-corrected chi connectivity index (χ0v) is 12.0. The fourth-order valence-corrected chi connectivity index (χ4v) is 3.62. The lowest BCUT2D eigenvalue weighted by molar-refractivity contribution is 0.382. The van der Waals surface area contributed by atoms with Gasteiger partial charge in [-0.15, -0.1) is 0 Å². The Morgan fingerprint density at radius 2 is 2.18 bits per heavy atom. The van der Waals surface area contributed by atoms with Crippen molar-refractivity contribution in [2.75, 3.05) is 40.3 Å². The molecule has 0 aromatic heterocycles. The Bertz CT molecular complexity index is 319. The molecule has 0 aromatic rings. The van der Waals surface area contributed by atoms with Crippen molar-refractivity contribution in [3.8, 4) is 0 Å². The molecule has 17 heavy (non-hydrogen) atoms. The molecule has 1 saturated heterocycles. The molecule has 1 unspecified atom stereocenters. The van der Waals surface area contributed by atoms with E-state index in [1.807, 2.05) is 7.05 Å². The van der Waals surface area contributed by atoms with Gasteiger partial charge >= 0.3 is 0 Å². The third-order valence-electron chi connectivity index (χ3n) is 3.45. The van der Waals surface area contributed by atoms with Crippen LogP contribution in [0, 0.1) is 5.92 Å². The second-order valence-electron chi connectivity index (χ2n) is 4.71. The van der Waals surface area contributed by atoms with E-state index >= 15 is 0 Å². The highest BCUT2D eigenvalue weighted by molar-refractivity contribution is 7.86. The molecule has 1 atom stereocenters. The molecule has 0 amide bonds. The van der Waals surface area contributed by atoms with Crippen molar-refractivity contribution in [3.05, 3.63) is 0 Å². The van der Waals surface area contributed by atoms with E-state index in [4.69, 9.17) is 0 Å². The van der Waals surface area contributed by atoms with Crippen LogP contribution >= 0.6 is 0 Å². The molecular formula is C11H25N3O2S. The van der Waals surface area contributed by atoms with Crippen LogP contribution in [-0.4, -0.2) is 57.3 Å². The van der Waals surface area contributed by atoms with Gasteiger partial charge in [0.2, 0.25) is 0 Å². The predicted molar refractivity (Wildman–Crippen MR) is 70.1 cm³/mol. The molecular weight excluding hydrogens is 238 g/mol. The van der Waals surface area contributed by atoms with Gasteiger partial charge in [-0.05, 0) is 32.4 Å². The van der Waals surface area contributed by atoms with Crippen LogP contribution in [-0.2, 0) is 10.2 Å². The fourth-order valence-electron chi connectivity index (χ4n) is 2.13. The van der Waals surface area contributed by atoms with Crippen molar-refractivity contribution in [2.24, 2.45) is 5.92 Å². The third kappa shape index (κ3) is 3.91. The van der Waals surface area contributed by atoms with Crippen LogP contribution in [0.4, 0.5) is 0 Å². The number of nitrogens with one attached hydrogen (secondary N) is 1. The minimum absolute atomic E-state index is 0.537. The first-order chi connectivity index (χ1) is 8.02. The van der Waals surface area contributed by atoms with Crippen LogP contribution in [0.1, 0.15) is 26.2 Å². The number of hydrogen-bond donors (Lipinski definition) is 1. The van der Waals surface area contributed by atoms with Gasteiger partial charge in [-0.1, -0.05) is 13.3 Å². The highest BCUT2D eigenvalue weighted by Crippen LogP contribution is 2.23. The third-order valence-corrected chi connectivity index (χ3v) is 5.40. The Hall–Kier alpha value is -0.170. The van der Waals surface area contributed by atoms with E-state index in [1.54, 1.807) is 11.4 Å². The Balaban J connectivity index is 2.50. The molecule has 1 heterocycles. The molecule has 1 aliphatic rings. The van der Waals surface area contributed by atoms with Crippen LogP contribution in [0.2, 0.25) is 0 Å². The van der Waals surface area contributed by atoms with E-state index in [9.17, 15) is 8.42 Å². The van der Waals surface area contributed by atoms with E-state index in [0.717, 1.165) is 25.8 Å². The maximum absolute atomic E-state index is 12.2. The smallest absolute Gasteiger partial charge is 0.281 e. The first-order valence-electron chi connectivity index (χ1n) is 6.38. The summed E-state index contributed by atoms with van der Waals surface area (Å²) in [6.07, 6.45) is 2.91. The molecule has 1 rings (SSSR count). The normalized spacial score (nSPS) is 22.5. The van der Waals surface area contributed by atoms with Gasteiger partial charge in [0.1, 0.15) is 0 Å². The van der Waals surface area contributed by atoms with E-state index < -0.39 is 10.2 Å². The van der Waals surface area contributed by atoms with E-state index in [2.05, 4.69) is 12.2 Å². The average Bonchev–Trinajstić information content (AvgIpc) is 2.78. The summed E-state index contributed by atoms with van der Waals surface area (Å²) >= 11 is 0. The summed E-state index contributed by atoms with van der Waals surface area (Å²) in [5.74, 6) is 0.537. The molecule has 6 heteroatoms. The minimum atomic E-state index is -3.22. The lowest BCUT2D eigenvalue weighted by Gasteiger charge is -2.24. The largest absolute Gasteiger partial charge is 0.320 e. The van der Waals surface area contributed by atoms with Gasteiger partial charge in [-0.25, -0.2) is 0 Å². The van der Waals surface area contributed by atoms with E-state index in [-0.39, 0.29) is 0 Å². The fraction of sp³-hybridized carbons (Fsp3) is 1.00. The molecule has 5 nitrogen and oxygen atoms in total. The highest BCUT2D eigenvalue weighted by Gasteiger charge is 2.32. The lowest BCUT2D eigenvalue weighted by atomic mass is 10.1. The summed E-state index contributed by atoms with van der Waals surface area (Å²) < 4.78 is 27.5. The van der Waals surface area contributed by atoms with Crippen LogP contribution < -0.4 is 5.32 Å². The van der Waals surface area contributed by atoms with Crippen LogP contribution in [0.5, 0.6) is 0 Å². The molecule has 1 fully saturated rings. The molecule has 1 aliphatic heterocycles. The minimum Gasteiger partial charge on any atom is -0.320 e. The van der Waals surface area contributed by atoms with Crippen molar-refractivity contribution in [1.82, 2.24) is 13.9 Å². The van der Waals surface area contributed by atoms with Crippen LogP contribution in [0.3, 0.4) is 0 Å². The maximum atomic E-state index is 12.2. The van der Waals surface area contributed by atoms with Crippen LogP contribution in [0.25, 0.3) is 0 Å². The van der Waals surface area contributed by atoms with Crippen molar-refractivity contribution >= 4 is 10.2 Å². The molecule has 0 saturated carbocycles. The quantitative estimate of drug-likeness (QED) is 0.681. The average molecular weight is 263 g/mol. The van der Waals surface area contributed by atoms with Crippen molar-refractivity contribution in [3.63, 3.8) is 0 Å². The second-order valence-corrected chi connectivity index (χ2v) is 6.74. The first kappa shape index (κ1) is 14.9. The summed E-state index contributed by atoms with van der Waals surface area (Å²) in [5.41, 5.74) is 0. The van der Waals surface area contributed by atoms with Gasteiger partial charge < -0.3 is 5.32 Å². The second kappa shape index (κ2) is 6.68. The lowest BCUT2D eigenvalue weighted by Crippen LogP contribution is -2.41. The van der Waals surface area contributed by atoms with Gasteiger partial charge in [0, 0.05) is 26.7 Å².